The van der Waals surface area contributed by atoms with Crippen molar-refractivity contribution in [1.29, 1.82) is 0 Å². The zero-order chi connectivity index (χ0) is 12.2. The number of benzene rings is 1. The summed E-state index contributed by atoms with van der Waals surface area (Å²) in [5.74, 6) is -0.996. The van der Waals surface area contributed by atoms with Gasteiger partial charge in [0.2, 0.25) is 0 Å². The van der Waals surface area contributed by atoms with Crippen LogP contribution in [-0.4, -0.2) is 21.8 Å². The third-order valence-corrected chi connectivity index (χ3v) is 2.79. The molecule has 0 fully saturated rings. The van der Waals surface area contributed by atoms with Crippen molar-refractivity contribution >= 4 is 17.6 Å². The lowest BCUT2D eigenvalue weighted by Gasteiger charge is -2.21. The molecular formula is C12H15ClO3. The van der Waals surface area contributed by atoms with Gasteiger partial charge in [-0.1, -0.05) is 29.8 Å². The maximum absolute atomic E-state index is 10.5. The van der Waals surface area contributed by atoms with E-state index in [9.17, 15) is 9.90 Å². The monoisotopic (exact) mass is 242 g/mol. The molecular weight excluding hydrogens is 228 g/mol. The Kier molecular flexibility index (Phi) is 4.33. The number of aryl methyl sites for hydroxylation is 1. The molecule has 0 bridgehead atoms. The summed E-state index contributed by atoms with van der Waals surface area (Å²) < 4.78 is 0. The number of aliphatic hydroxyl groups is 1. The van der Waals surface area contributed by atoms with Crippen LogP contribution in [-0.2, 0) is 11.2 Å². The van der Waals surface area contributed by atoms with Gasteiger partial charge in [-0.3, -0.25) is 4.79 Å². The molecule has 88 valence electrons. The van der Waals surface area contributed by atoms with Gasteiger partial charge in [-0.2, -0.15) is 0 Å². The lowest BCUT2D eigenvalue weighted by Crippen LogP contribution is -2.28. The fraction of sp³-hybridized carbons (Fsp3) is 0.417. The van der Waals surface area contributed by atoms with Gasteiger partial charge < -0.3 is 10.2 Å². The molecule has 1 unspecified atom stereocenters. The number of rotatable bonds is 5. The second-order valence-electron chi connectivity index (χ2n) is 4.16. The van der Waals surface area contributed by atoms with Crippen molar-refractivity contribution in [1.82, 2.24) is 0 Å². The Bertz CT molecular complexity index is 374. The molecule has 1 aromatic rings. The summed E-state index contributed by atoms with van der Waals surface area (Å²) in [5, 5.41) is 19.1. The van der Waals surface area contributed by atoms with Gasteiger partial charge in [-0.05, 0) is 31.4 Å². The van der Waals surface area contributed by atoms with Crippen LogP contribution in [0.15, 0.2) is 24.3 Å². The molecule has 0 saturated heterocycles. The highest BCUT2D eigenvalue weighted by molar-refractivity contribution is 6.31. The molecule has 0 radical (unpaired) electrons. The fourth-order valence-corrected chi connectivity index (χ4v) is 1.75. The standard InChI is InChI=1S/C12H15ClO3/c1-12(16,8-11(14)15)7-6-9-4-2-3-5-10(9)13/h2-5,16H,6-8H2,1H3,(H,14,15). The SMILES string of the molecule is CC(O)(CCc1ccccc1Cl)CC(=O)O. The van der Waals surface area contributed by atoms with E-state index in [1.165, 1.54) is 6.92 Å². The number of carboxylic acid groups (broad SMARTS) is 1. The van der Waals surface area contributed by atoms with Crippen molar-refractivity contribution in [2.24, 2.45) is 0 Å². The Balaban J connectivity index is 2.57. The molecule has 0 aliphatic rings. The van der Waals surface area contributed by atoms with Crippen molar-refractivity contribution in [3.63, 3.8) is 0 Å². The number of hydrogen-bond donors (Lipinski definition) is 2. The van der Waals surface area contributed by atoms with Crippen LogP contribution in [0.2, 0.25) is 5.02 Å². The van der Waals surface area contributed by atoms with Gasteiger partial charge in [-0.15, -0.1) is 0 Å². The Morgan fingerprint density at radius 1 is 1.44 bits per heavy atom. The molecule has 0 spiro atoms. The van der Waals surface area contributed by atoms with Crippen molar-refractivity contribution in [3.8, 4) is 0 Å². The highest BCUT2D eigenvalue weighted by Gasteiger charge is 2.23. The topological polar surface area (TPSA) is 57.5 Å². The molecule has 4 heteroatoms. The fourth-order valence-electron chi connectivity index (χ4n) is 1.52. The molecule has 1 atom stereocenters. The molecule has 2 N–H and O–H groups in total. The van der Waals surface area contributed by atoms with Gasteiger partial charge in [0, 0.05) is 5.02 Å². The second-order valence-corrected chi connectivity index (χ2v) is 4.57. The van der Waals surface area contributed by atoms with E-state index in [-0.39, 0.29) is 6.42 Å². The number of halogens is 1. The summed E-state index contributed by atoms with van der Waals surface area (Å²) in [6, 6.07) is 7.36. The van der Waals surface area contributed by atoms with E-state index in [4.69, 9.17) is 16.7 Å². The van der Waals surface area contributed by atoms with Gasteiger partial charge in [0.1, 0.15) is 0 Å². The predicted octanol–water partition coefficient (Wildman–Crippen LogP) is 2.50. The molecule has 0 aliphatic carbocycles. The van der Waals surface area contributed by atoms with Gasteiger partial charge in [0.05, 0.1) is 12.0 Å². The molecule has 0 heterocycles. The van der Waals surface area contributed by atoms with E-state index in [1.807, 2.05) is 18.2 Å². The van der Waals surface area contributed by atoms with Crippen LogP contribution >= 0.6 is 11.6 Å². The van der Waals surface area contributed by atoms with Crippen LogP contribution in [0, 0.1) is 0 Å². The minimum absolute atomic E-state index is 0.253. The highest BCUT2D eigenvalue weighted by Crippen LogP contribution is 2.22. The van der Waals surface area contributed by atoms with Crippen LogP contribution in [0.25, 0.3) is 0 Å². The van der Waals surface area contributed by atoms with Gasteiger partial charge in [0.25, 0.3) is 0 Å². The minimum Gasteiger partial charge on any atom is -0.481 e. The van der Waals surface area contributed by atoms with E-state index in [1.54, 1.807) is 6.07 Å². The van der Waals surface area contributed by atoms with Crippen molar-refractivity contribution in [3.05, 3.63) is 34.9 Å². The van der Waals surface area contributed by atoms with Gasteiger partial charge in [0.15, 0.2) is 0 Å². The van der Waals surface area contributed by atoms with Crippen LogP contribution < -0.4 is 0 Å². The third kappa shape index (κ3) is 4.21. The van der Waals surface area contributed by atoms with E-state index in [2.05, 4.69) is 0 Å². The maximum atomic E-state index is 10.5. The van der Waals surface area contributed by atoms with Crippen LogP contribution in [0.1, 0.15) is 25.3 Å². The first-order valence-electron chi connectivity index (χ1n) is 5.08. The van der Waals surface area contributed by atoms with Crippen LogP contribution in [0.5, 0.6) is 0 Å². The smallest absolute Gasteiger partial charge is 0.306 e. The lowest BCUT2D eigenvalue weighted by molar-refractivity contribution is -0.142. The maximum Gasteiger partial charge on any atom is 0.306 e. The van der Waals surface area contributed by atoms with Crippen LogP contribution in [0.3, 0.4) is 0 Å². The summed E-state index contributed by atoms with van der Waals surface area (Å²) in [4.78, 5) is 10.5. The Morgan fingerprint density at radius 3 is 2.62 bits per heavy atom. The zero-order valence-electron chi connectivity index (χ0n) is 9.11. The quantitative estimate of drug-likeness (QED) is 0.834. The number of aliphatic carboxylic acids is 1. The number of carbonyl (C=O) groups is 1. The third-order valence-electron chi connectivity index (χ3n) is 2.42. The summed E-state index contributed by atoms with van der Waals surface area (Å²) in [7, 11) is 0. The van der Waals surface area contributed by atoms with Gasteiger partial charge >= 0.3 is 5.97 Å². The average molecular weight is 243 g/mol. The molecule has 1 aromatic carbocycles. The van der Waals surface area contributed by atoms with E-state index < -0.39 is 11.6 Å². The summed E-state index contributed by atoms with van der Waals surface area (Å²) in [5.41, 5.74) is -0.264. The molecule has 1 rings (SSSR count). The molecule has 0 aromatic heterocycles. The molecule has 3 nitrogen and oxygen atoms in total. The number of carboxylic acids is 1. The summed E-state index contributed by atoms with van der Waals surface area (Å²) in [6.07, 6.45) is 0.695. The second kappa shape index (κ2) is 5.32. The summed E-state index contributed by atoms with van der Waals surface area (Å²) in [6.45, 7) is 1.53. The first kappa shape index (κ1) is 13.0. The largest absolute Gasteiger partial charge is 0.481 e. The zero-order valence-corrected chi connectivity index (χ0v) is 9.87. The van der Waals surface area contributed by atoms with E-state index >= 15 is 0 Å². The molecule has 0 amide bonds. The van der Waals surface area contributed by atoms with Crippen molar-refractivity contribution in [2.45, 2.75) is 31.8 Å². The summed E-state index contributed by atoms with van der Waals surface area (Å²) >= 11 is 5.96. The van der Waals surface area contributed by atoms with E-state index in [0.29, 0.717) is 17.9 Å². The normalized spacial score (nSPS) is 14.4. The molecule has 0 aliphatic heterocycles. The average Bonchev–Trinajstić information content (AvgIpc) is 2.14. The van der Waals surface area contributed by atoms with Crippen molar-refractivity contribution in [2.75, 3.05) is 0 Å². The Hall–Kier alpha value is -1.06. The van der Waals surface area contributed by atoms with Crippen LogP contribution in [0.4, 0.5) is 0 Å². The molecule has 16 heavy (non-hydrogen) atoms. The van der Waals surface area contributed by atoms with Gasteiger partial charge in [-0.25, -0.2) is 0 Å². The first-order valence-corrected chi connectivity index (χ1v) is 5.46. The Morgan fingerprint density at radius 2 is 2.06 bits per heavy atom. The lowest BCUT2D eigenvalue weighted by atomic mass is 9.94. The molecule has 0 saturated carbocycles. The number of hydrogen-bond acceptors (Lipinski definition) is 2. The van der Waals surface area contributed by atoms with E-state index in [0.717, 1.165) is 5.56 Å². The predicted molar refractivity (Wildman–Crippen MR) is 62.6 cm³/mol. The first-order chi connectivity index (χ1) is 7.41. The minimum atomic E-state index is -1.19. The highest BCUT2D eigenvalue weighted by atomic mass is 35.5. The van der Waals surface area contributed by atoms with Crippen molar-refractivity contribution < 1.29 is 15.0 Å². The Labute approximate surface area is 99.7 Å².